The molecule has 1 saturated carbocycles. The fraction of sp³-hybridized carbons (Fsp3) is 0.474. The van der Waals surface area contributed by atoms with Crippen molar-refractivity contribution in [2.45, 2.75) is 38.6 Å². The standard InChI is InChI=1S/C17H19N3O3.C2HF3O2/c21-17(13-3-6-18-7-4-13)20-8-5-16-14(9-20)15(19-23-16)11-22-10-12-1-2-12;3-2(4,5)1(6)7/h3-4,6-7,12H,1-2,5,8-11H2;(H,6,7). The maximum Gasteiger partial charge on any atom is 0.490 e. The Morgan fingerprint density at radius 1 is 1.27 bits per heavy atom. The van der Waals surface area contributed by atoms with Crippen LogP contribution in [0.3, 0.4) is 0 Å². The van der Waals surface area contributed by atoms with Gasteiger partial charge in [-0.05, 0) is 30.9 Å². The van der Waals surface area contributed by atoms with Crippen LogP contribution in [0.4, 0.5) is 13.2 Å². The minimum atomic E-state index is -5.08. The van der Waals surface area contributed by atoms with Crippen LogP contribution in [-0.4, -0.2) is 51.4 Å². The van der Waals surface area contributed by atoms with Gasteiger partial charge in [-0.2, -0.15) is 13.2 Å². The molecule has 1 aliphatic carbocycles. The van der Waals surface area contributed by atoms with Crippen LogP contribution in [0.5, 0.6) is 0 Å². The molecule has 1 aliphatic heterocycles. The number of hydrogen-bond acceptors (Lipinski definition) is 6. The Bertz CT molecular complexity index is 881. The Labute approximate surface area is 169 Å². The first-order valence-electron chi connectivity index (χ1n) is 9.29. The number of pyridine rings is 1. The molecule has 1 N–H and O–H groups in total. The smallest absolute Gasteiger partial charge is 0.475 e. The Kier molecular flexibility index (Phi) is 6.70. The minimum Gasteiger partial charge on any atom is -0.475 e. The second kappa shape index (κ2) is 9.24. The Hall–Kier alpha value is -2.95. The van der Waals surface area contributed by atoms with Crippen molar-refractivity contribution < 1.29 is 37.1 Å². The van der Waals surface area contributed by atoms with Gasteiger partial charge < -0.3 is 19.3 Å². The van der Waals surface area contributed by atoms with Crippen molar-refractivity contribution in [2.75, 3.05) is 13.2 Å². The summed E-state index contributed by atoms with van der Waals surface area (Å²) < 4.78 is 42.9. The molecule has 8 nitrogen and oxygen atoms in total. The molecule has 162 valence electrons. The summed E-state index contributed by atoms with van der Waals surface area (Å²) in [5.41, 5.74) is 2.49. The normalized spacial score (nSPS) is 15.8. The summed E-state index contributed by atoms with van der Waals surface area (Å²) in [4.78, 5) is 27.3. The summed E-state index contributed by atoms with van der Waals surface area (Å²) in [6, 6.07) is 3.48. The van der Waals surface area contributed by atoms with E-state index in [0.717, 1.165) is 29.5 Å². The fourth-order valence-electron chi connectivity index (χ4n) is 2.83. The van der Waals surface area contributed by atoms with E-state index in [-0.39, 0.29) is 5.91 Å². The second-order valence-electron chi connectivity index (χ2n) is 7.01. The Morgan fingerprint density at radius 2 is 1.93 bits per heavy atom. The van der Waals surface area contributed by atoms with Gasteiger partial charge in [0.05, 0.1) is 13.2 Å². The number of nitrogens with zero attached hydrogens (tertiary/aromatic N) is 3. The van der Waals surface area contributed by atoms with Crippen LogP contribution in [0.15, 0.2) is 29.0 Å². The van der Waals surface area contributed by atoms with Crippen molar-refractivity contribution in [3.63, 3.8) is 0 Å². The van der Waals surface area contributed by atoms with Gasteiger partial charge in [-0.3, -0.25) is 9.78 Å². The van der Waals surface area contributed by atoms with Crippen LogP contribution in [-0.2, 0) is 29.1 Å². The molecule has 4 rings (SSSR count). The summed E-state index contributed by atoms with van der Waals surface area (Å²) in [6.45, 7) is 2.43. The molecule has 0 spiro atoms. The number of aliphatic carboxylic acids is 1. The van der Waals surface area contributed by atoms with Crippen LogP contribution in [0.2, 0.25) is 0 Å². The first kappa shape index (κ1) is 21.8. The number of amides is 1. The minimum absolute atomic E-state index is 0.0177. The number of carboxylic acid groups (broad SMARTS) is 1. The van der Waals surface area contributed by atoms with Crippen LogP contribution in [0.25, 0.3) is 0 Å². The monoisotopic (exact) mass is 427 g/mol. The van der Waals surface area contributed by atoms with E-state index >= 15 is 0 Å². The number of halogens is 3. The van der Waals surface area contributed by atoms with Gasteiger partial charge >= 0.3 is 12.1 Å². The van der Waals surface area contributed by atoms with Gasteiger partial charge in [-0.1, -0.05) is 5.16 Å². The van der Waals surface area contributed by atoms with Crippen molar-refractivity contribution in [1.29, 1.82) is 0 Å². The zero-order chi connectivity index (χ0) is 21.7. The topological polar surface area (TPSA) is 106 Å². The Balaban J connectivity index is 0.000000318. The van der Waals surface area contributed by atoms with Crippen LogP contribution >= 0.6 is 0 Å². The number of alkyl halides is 3. The molecule has 2 aliphatic rings. The van der Waals surface area contributed by atoms with Crippen molar-refractivity contribution in [3.05, 3.63) is 47.1 Å². The Morgan fingerprint density at radius 3 is 2.53 bits per heavy atom. The number of carbonyl (C=O) groups excluding carboxylic acids is 1. The third kappa shape index (κ3) is 5.78. The van der Waals surface area contributed by atoms with Gasteiger partial charge in [0.2, 0.25) is 0 Å². The molecular weight excluding hydrogens is 407 g/mol. The lowest BCUT2D eigenvalue weighted by atomic mass is 10.1. The van der Waals surface area contributed by atoms with Crippen LogP contribution in [0, 0.1) is 5.92 Å². The molecule has 1 amide bonds. The molecule has 2 aromatic heterocycles. The number of fused-ring (bicyclic) bond motifs is 1. The summed E-state index contributed by atoms with van der Waals surface area (Å²) in [7, 11) is 0. The molecule has 0 saturated heterocycles. The fourth-order valence-corrected chi connectivity index (χ4v) is 2.83. The molecule has 0 bridgehead atoms. The first-order valence-corrected chi connectivity index (χ1v) is 9.29. The lowest BCUT2D eigenvalue weighted by Crippen LogP contribution is -2.35. The number of hydrogen-bond donors (Lipinski definition) is 1. The van der Waals surface area contributed by atoms with Gasteiger partial charge in [0, 0.05) is 43.1 Å². The maximum atomic E-state index is 12.6. The van der Waals surface area contributed by atoms with E-state index in [4.69, 9.17) is 19.2 Å². The van der Waals surface area contributed by atoms with Crippen molar-refractivity contribution in [1.82, 2.24) is 15.0 Å². The molecular formula is C19H20F3N3O5. The number of ether oxygens (including phenoxy) is 1. The van der Waals surface area contributed by atoms with Crippen LogP contribution in [0.1, 0.15) is 40.2 Å². The predicted molar refractivity (Wildman–Crippen MR) is 95.3 cm³/mol. The molecule has 0 aromatic carbocycles. The largest absolute Gasteiger partial charge is 0.490 e. The van der Waals surface area contributed by atoms with E-state index < -0.39 is 12.1 Å². The van der Waals surface area contributed by atoms with Crippen LogP contribution < -0.4 is 0 Å². The van der Waals surface area contributed by atoms with E-state index in [2.05, 4.69) is 10.1 Å². The van der Waals surface area contributed by atoms with Gasteiger partial charge in [0.25, 0.3) is 5.91 Å². The highest BCUT2D eigenvalue weighted by molar-refractivity contribution is 5.94. The number of carboxylic acids is 1. The van der Waals surface area contributed by atoms with E-state index in [1.165, 1.54) is 12.8 Å². The second-order valence-corrected chi connectivity index (χ2v) is 7.01. The molecule has 0 radical (unpaired) electrons. The summed E-state index contributed by atoms with van der Waals surface area (Å²) in [5.74, 6) is -1.13. The SMILES string of the molecule is O=C(O)C(F)(F)F.O=C(c1ccncc1)N1CCc2onc(COCC3CC3)c2C1. The molecule has 3 heterocycles. The highest BCUT2D eigenvalue weighted by atomic mass is 19.4. The summed E-state index contributed by atoms with van der Waals surface area (Å²) in [6.07, 6.45) is 1.43. The lowest BCUT2D eigenvalue weighted by Gasteiger charge is -2.26. The average Bonchev–Trinajstić information content (AvgIpc) is 3.46. The third-order valence-electron chi connectivity index (χ3n) is 4.65. The molecule has 11 heteroatoms. The molecule has 30 heavy (non-hydrogen) atoms. The molecule has 0 atom stereocenters. The number of rotatable bonds is 5. The number of aromatic nitrogens is 2. The van der Waals surface area contributed by atoms with Crippen molar-refractivity contribution in [2.24, 2.45) is 5.92 Å². The van der Waals surface area contributed by atoms with Gasteiger partial charge in [-0.15, -0.1) is 0 Å². The predicted octanol–water partition coefficient (Wildman–Crippen LogP) is 2.83. The number of carbonyl (C=O) groups is 2. The van der Waals surface area contributed by atoms with E-state index in [9.17, 15) is 18.0 Å². The zero-order valence-corrected chi connectivity index (χ0v) is 15.9. The van der Waals surface area contributed by atoms with E-state index in [1.54, 1.807) is 24.5 Å². The zero-order valence-electron chi connectivity index (χ0n) is 15.9. The molecule has 2 aromatic rings. The highest BCUT2D eigenvalue weighted by Crippen LogP contribution is 2.30. The maximum absolute atomic E-state index is 12.6. The van der Waals surface area contributed by atoms with E-state index in [1.807, 2.05) is 4.90 Å². The molecule has 0 unspecified atom stereocenters. The van der Waals surface area contributed by atoms with Crippen molar-refractivity contribution >= 4 is 11.9 Å². The quantitative estimate of drug-likeness (QED) is 0.782. The van der Waals surface area contributed by atoms with Crippen molar-refractivity contribution in [3.8, 4) is 0 Å². The molecule has 1 fully saturated rings. The summed E-state index contributed by atoms with van der Waals surface area (Å²) in [5, 5.41) is 11.3. The van der Waals surface area contributed by atoms with Gasteiger partial charge in [0.1, 0.15) is 11.5 Å². The van der Waals surface area contributed by atoms with Gasteiger partial charge in [0.15, 0.2) is 0 Å². The highest BCUT2D eigenvalue weighted by Gasteiger charge is 2.38. The van der Waals surface area contributed by atoms with E-state index in [0.29, 0.717) is 31.7 Å². The first-order chi connectivity index (χ1) is 14.3. The third-order valence-corrected chi connectivity index (χ3v) is 4.65. The lowest BCUT2D eigenvalue weighted by molar-refractivity contribution is -0.192. The summed E-state index contributed by atoms with van der Waals surface area (Å²) >= 11 is 0. The van der Waals surface area contributed by atoms with Gasteiger partial charge in [-0.25, -0.2) is 4.79 Å². The average molecular weight is 427 g/mol.